The number of rotatable bonds is 9. The standard InChI is InChI=1S/C49H57N9O6/c1-31-26-49(27-33(52-49)30-57(29-31)42-25-38(53-54-46(42)50)36-8-2-3-11-43(36)59)32-6-4-7-35(24-32)64-34-14-19-56(20-15-34)45(61)28-48(63)17-22-55(23-18-48)39-9-5-10-40-37(39)16-21-58(40)41-12-13-44(60)51-47(41)62/h2-11,16,21,24-25,31,33-34,41,52,59,63H,12-15,17-20,22-23,26-30H2,1H3,(H2,50,54)(H,51,60,62)/t31-,33+,41?,49?/m0/s1. The molecule has 0 aliphatic carbocycles. The quantitative estimate of drug-likeness (QED) is 0.121. The van der Waals surface area contributed by atoms with Gasteiger partial charge in [0.2, 0.25) is 17.7 Å². The fourth-order valence-corrected chi connectivity index (χ4v) is 11.1. The topological polar surface area (TPSA) is 191 Å². The highest BCUT2D eigenvalue weighted by molar-refractivity contribution is 6.01. The second-order valence-corrected chi connectivity index (χ2v) is 18.9. The number of carbonyl (C=O) groups excluding carboxylic acids is 3. The molecule has 8 heterocycles. The van der Waals surface area contributed by atoms with Crippen LogP contribution in [0.1, 0.15) is 76.3 Å². The number of imide groups is 1. The lowest BCUT2D eigenvalue weighted by atomic mass is 9.69. The van der Waals surface area contributed by atoms with Gasteiger partial charge in [-0.15, -0.1) is 10.2 Å². The Hall–Kier alpha value is -6.19. The molecule has 11 rings (SSSR count). The molecule has 0 radical (unpaired) electrons. The molecule has 3 amide bonds. The van der Waals surface area contributed by atoms with Crippen LogP contribution in [0.5, 0.6) is 11.5 Å². The maximum Gasteiger partial charge on any atom is 0.249 e. The van der Waals surface area contributed by atoms with Crippen LogP contribution in [0.2, 0.25) is 0 Å². The number of carbonyl (C=O) groups is 3. The molecule has 4 atom stereocenters. The summed E-state index contributed by atoms with van der Waals surface area (Å²) in [5.74, 6) is 1.18. The highest BCUT2D eigenvalue weighted by Crippen LogP contribution is 2.45. The van der Waals surface area contributed by atoms with Crippen LogP contribution in [-0.4, -0.2) is 105 Å². The summed E-state index contributed by atoms with van der Waals surface area (Å²) < 4.78 is 8.55. The van der Waals surface area contributed by atoms with E-state index in [1.807, 2.05) is 58.1 Å². The van der Waals surface area contributed by atoms with Crippen molar-refractivity contribution in [3.63, 3.8) is 0 Å². The van der Waals surface area contributed by atoms with Gasteiger partial charge in [-0.2, -0.15) is 0 Å². The van der Waals surface area contributed by atoms with Crippen LogP contribution in [0.4, 0.5) is 17.2 Å². The van der Waals surface area contributed by atoms with Crippen molar-refractivity contribution in [1.29, 1.82) is 0 Å². The Balaban J connectivity index is 0.714. The van der Waals surface area contributed by atoms with Gasteiger partial charge in [0.25, 0.3) is 0 Å². The number of likely N-dealkylation sites (tertiary alicyclic amines) is 1. The lowest BCUT2D eigenvalue weighted by molar-refractivity contribution is -0.139. The number of anilines is 3. The van der Waals surface area contributed by atoms with Crippen LogP contribution >= 0.6 is 0 Å². The summed E-state index contributed by atoms with van der Waals surface area (Å²) in [6.45, 7) is 6.24. The number of benzene rings is 3. The second-order valence-electron chi connectivity index (χ2n) is 18.9. The number of aromatic nitrogens is 3. The SMILES string of the molecule is C[C@@H]1CN(c2cc(-c3ccccc3O)nnc2N)C[C@H]2CC(c3cccc(OC4CCN(C(=O)CC5(O)CCN(c6cccc7c6ccn7C6CCC(=O)NC6=O)CC5)CC4)c3)(C1)N2. The van der Waals surface area contributed by atoms with E-state index in [1.54, 1.807) is 12.1 Å². The molecular weight excluding hydrogens is 811 g/mol. The van der Waals surface area contributed by atoms with Gasteiger partial charge in [-0.3, -0.25) is 19.7 Å². The summed E-state index contributed by atoms with van der Waals surface area (Å²) in [4.78, 5) is 44.5. The van der Waals surface area contributed by atoms with Crippen molar-refractivity contribution in [3.05, 3.63) is 90.6 Å². The first-order valence-corrected chi connectivity index (χ1v) is 22.8. The van der Waals surface area contributed by atoms with Gasteiger partial charge in [-0.1, -0.05) is 37.3 Å². The Bertz CT molecular complexity index is 2570. The second kappa shape index (κ2) is 16.7. The monoisotopic (exact) mass is 867 g/mol. The Morgan fingerprint density at radius 2 is 1.67 bits per heavy atom. The maximum absolute atomic E-state index is 13.6. The fourth-order valence-electron chi connectivity index (χ4n) is 11.1. The minimum absolute atomic E-state index is 0.00952. The summed E-state index contributed by atoms with van der Waals surface area (Å²) in [5.41, 5.74) is 10.4. The Morgan fingerprint density at radius 1 is 0.891 bits per heavy atom. The predicted molar refractivity (Wildman–Crippen MR) is 244 cm³/mol. The first kappa shape index (κ1) is 41.8. The Labute approximate surface area is 372 Å². The third kappa shape index (κ3) is 8.11. The number of hydrogen-bond acceptors (Lipinski definition) is 12. The minimum Gasteiger partial charge on any atom is -0.507 e. The number of phenolic OH excluding ortho intramolecular Hbond substituents is 1. The largest absolute Gasteiger partial charge is 0.507 e. The number of hydrogen-bond donors (Lipinski definition) is 5. The predicted octanol–water partition coefficient (Wildman–Crippen LogP) is 5.26. The van der Waals surface area contributed by atoms with Crippen LogP contribution in [0.15, 0.2) is 85.1 Å². The number of piperidine rings is 3. The lowest BCUT2D eigenvalue weighted by Crippen LogP contribution is -2.67. The van der Waals surface area contributed by atoms with Gasteiger partial charge in [0.1, 0.15) is 23.6 Å². The number of nitrogens with two attached hydrogens (primary N) is 1. The van der Waals surface area contributed by atoms with E-state index in [4.69, 9.17) is 10.5 Å². The molecule has 6 fully saturated rings. The number of phenols is 1. The van der Waals surface area contributed by atoms with E-state index in [0.717, 1.165) is 66.8 Å². The van der Waals surface area contributed by atoms with E-state index >= 15 is 0 Å². The van der Waals surface area contributed by atoms with Crippen molar-refractivity contribution in [2.75, 3.05) is 54.8 Å². The minimum atomic E-state index is -1.07. The van der Waals surface area contributed by atoms with Gasteiger partial charge in [-0.25, -0.2) is 0 Å². The van der Waals surface area contributed by atoms with E-state index in [-0.39, 0.29) is 47.6 Å². The molecular formula is C49H57N9O6. The molecule has 0 spiro atoms. The molecule has 6 aliphatic rings. The molecule has 15 nitrogen and oxygen atoms in total. The van der Waals surface area contributed by atoms with Crippen LogP contribution in [-0.2, 0) is 19.9 Å². The van der Waals surface area contributed by atoms with Gasteiger partial charge in [-0.05, 0) is 92.1 Å². The van der Waals surface area contributed by atoms with Crippen LogP contribution in [0, 0.1) is 5.92 Å². The molecule has 5 aromatic rings. The van der Waals surface area contributed by atoms with Gasteiger partial charge in [0.05, 0.1) is 28.9 Å². The zero-order chi connectivity index (χ0) is 44.2. The van der Waals surface area contributed by atoms with E-state index in [9.17, 15) is 24.6 Å². The smallest absolute Gasteiger partial charge is 0.249 e. The van der Waals surface area contributed by atoms with E-state index in [1.165, 1.54) is 5.56 Å². The molecule has 6 aliphatic heterocycles. The van der Waals surface area contributed by atoms with Crippen molar-refractivity contribution in [1.82, 2.24) is 30.3 Å². The summed E-state index contributed by atoms with van der Waals surface area (Å²) in [7, 11) is 0. The fraction of sp³-hybridized carbons (Fsp3) is 0.449. The van der Waals surface area contributed by atoms with Crippen LogP contribution < -0.4 is 30.9 Å². The average Bonchev–Trinajstić information content (AvgIpc) is 3.69. The Morgan fingerprint density at radius 3 is 2.45 bits per heavy atom. The molecule has 0 saturated carbocycles. The van der Waals surface area contributed by atoms with Crippen molar-refractivity contribution in [2.24, 2.45) is 5.92 Å². The van der Waals surface area contributed by atoms with Crippen molar-refractivity contribution in [3.8, 4) is 22.8 Å². The molecule has 2 unspecified atom stereocenters. The first-order valence-electron chi connectivity index (χ1n) is 22.8. The van der Waals surface area contributed by atoms with Crippen LogP contribution in [0.25, 0.3) is 22.2 Å². The highest BCUT2D eigenvalue weighted by Gasteiger charge is 2.48. The van der Waals surface area contributed by atoms with Crippen molar-refractivity contribution in [2.45, 2.75) is 94.0 Å². The molecule has 64 heavy (non-hydrogen) atoms. The zero-order valence-electron chi connectivity index (χ0n) is 36.3. The van der Waals surface area contributed by atoms with Gasteiger partial charge < -0.3 is 45.3 Å². The normalized spacial score (nSPS) is 25.0. The van der Waals surface area contributed by atoms with E-state index in [2.05, 4.69) is 61.8 Å². The number of aromatic hydroxyl groups is 1. The molecule has 334 valence electrons. The van der Waals surface area contributed by atoms with Gasteiger partial charge in [0.15, 0.2) is 5.82 Å². The highest BCUT2D eigenvalue weighted by atomic mass is 16.5. The summed E-state index contributed by atoms with van der Waals surface area (Å²) in [6.07, 6.45) is 7.12. The molecule has 6 saturated heterocycles. The third-order valence-corrected chi connectivity index (χ3v) is 14.4. The molecule has 2 bridgehead atoms. The molecule has 15 heteroatoms. The number of para-hydroxylation sites is 1. The number of amides is 3. The van der Waals surface area contributed by atoms with Crippen molar-refractivity contribution >= 4 is 45.8 Å². The van der Waals surface area contributed by atoms with Gasteiger partial charge in [0, 0.05) is 92.9 Å². The van der Waals surface area contributed by atoms with Crippen LogP contribution in [0.3, 0.4) is 0 Å². The number of nitrogens with zero attached hydrogens (tertiary/aromatic N) is 6. The van der Waals surface area contributed by atoms with E-state index in [0.29, 0.717) is 74.9 Å². The third-order valence-electron chi connectivity index (χ3n) is 14.4. The van der Waals surface area contributed by atoms with Crippen molar-refractivity contribution < 1.29 is 29.3 Å². The van der Waals surface area contributed by atoms with E-state index < -0.39 is 11.6 Å². The van der Waals surface area contributed by atoms with Gasteiger partial charge >= 0.3 is 0 Å². The summed E-state index contributed by atoms with van der Waals surface area (Å²) in [6, 6.07) is 25.4. The summed E-state index contributed by atoms with van der Waals surface area (Å²) in [5, 5.41) is 38.1. The number of aliphatic hydroxyl groups is 1. The maximum atomic E-state index is 13.6. The number of fused-ring (bicyclic) bond motifs is 5. The number of nitrogens with one attached hydrogen (secondary N) is 2. The molecule has 3 aromatic carbocycles. The number of ether oxygens (including phenoxy) is 1. The first-order chi connectivity index (χ1) is 30.9. The Kier molecular flexibility index (Phi) is 10.9. The zero-order valence-corrected chi connectivity index (χ0v) is 36.3. The average molecular weight is 868 g/mol. The lowest BCUT2D eigenvalue weighted by Gasteiger charge is -2.55. The molecule has 6 N–H and O–H groups in total. The molecule has 2 aromatic heterocycles. The summed E-state index contributed by atoms with van der Waals surface area (Å²) >= 11 is 0. The number of nitrogen functional groups attached to an aromatic ring is 1.